The molecule has 25 heavy (non-hydrogen) atoms. The third kappa shape index (κ3) is 4.97. The highest BCUT2D eigenvalue weighted by atomic mass is 35.5. The van der Waals surface area contributed by atoms with Gasteiger partial charge in [-0.15, -0.1) is 12.4 Å². The average Bonchev–Trinajstić information content (AvgIpc) is 2.54. The SMILES string of the molecule is Cc1cc(=O)oc2cc(OCC(O)CN3CCCCC3C)ccc12.Cl. The molecule has 5 nitrogen and oxygen atoms in total. The molecule has 1 N–H and O–H groups in total. The van der Waals surface area contributed by atoms with Crippen molar-refractivity contribution in [1.82, 2.24) is 4.90 Å². The van der Waals surface area contributed by atoms with Crippen LogP contribution in [0.5, 0.6) is 5.75 Å². The third-order valence-electron chi connectivity index (χ3n) is 4.75. The summed E-state index contributed by atoms with van der Waals surface area (Å²) in [5.41, 5.74) is 1.03. The first-order valence-corrected chi connectivity index (χ1v) is 8.62. The lowest BCUT2D eigenvalue weighted by atomic mass is 10.0. The van der Waals surface area contributed by atoms with Gasteiger partial charge < -0.3 is 14.3 Å². The number of β-amino-alcohol motifs (C(OH)–C–C–N with tert-alkyl or cyclic N) is 1. The number of benzene rings is 1. The summed E-state index contributed by atoms with van der Waals surface area (Å²) in [5.74, 6) is 0.599. The number of ether oxygens (including phenoxy) is 1. The Hall–Kier alpha value is -1.56. The van der Waals surface area contributed by atoms with Gasteiger partial charge in [0.1, 0.15) is 24.0 Å². The molecule has 1 aliphatic heterocycles. The number of nitrogens with zero attached hydrogens (tertiary/aromatic N) is 1. The lowest BCUT2D eigenvalue weighted by molar-refractivity contribution is 0.0438. The number of aliphatic hydroxyl groups is 1. The van der Waals surface area contributed by atoms with Crippen LogP contribution in [0.2, 0.25) is 0 Å². The first kappa shape index (κ1) is 19.8. The van der Waals surface area contributed by atoms with Crippen LogP contribution >= 0.6 is 12.4 Å². The van der Waals surface area contributed by atoms with Gasteiger partial charge in [0.15, 0.2) is 0 Å². The van der Waals surface area contributed by atoms with E-state index in [0.29, 0.717) is 23.9 Å². The normalized spacial score (nSPS) is 19.4. The van der Waals surface area contributed by atoms with Crippen molar-refractivity contribution < 1.29 is 14.3 Å². The number of hydrogen-bond acceptors (Lipinski definition) is 5. The molecule has 0 saturated carbocycles. The van der Waals surface area contributed by atoms with Crippen molar-refractivity contribution in [1.29, 1.82) is 0 Å². The van der Waals surface area contributed by atoms with Gasteiger partial charge in [-0.25, -0.2) is 4.79 Å². The molecule has 2 aromatic rings. The van der Waals surface area contributed by atoms with Crippen molar-refractivity contribution in [3.63, 3.8) is 0 Å². The van der Waals surface area contributed by atoms with Crippen LogP contribution < -0.4 is 10.4 Å². The molecule has 3 rings (SSSR count). The van der Waals surface area contributed by atoms with E-state index in [0.717, 1.165) is 17.5 Å². The van der Waals surface area contributed by atoms with Gasteiger partial charge in [0.05, 0.1) is 0 Å². The molecular weight excluding hydrogens is 342 g/mol. The van der Waals surface area contributed by atoms with Crippen LogP contribution in [0.15, 0.2) is 33.5 Å². The van der Waals surface area contributed by atoms with E-state index in [-0.39, 0.29) is 24.6 Å². The molecule has 2 unspecified atom stereocenters. The van der Waals surface area contributed by atoms with Gasteiger partial charge in [0.2, 0.25) is 0 Å². The van der Waals surface area contributed by atoms with Crippen LogP contribution in [0.1, 0.15) is 31.7 Å². The Morgan fingerprint density at radius 2 is 2.16 bits per heavy atom. The average molecular weight is 368 g/mol. The minimum Gasteiger partial charge on any atom is -0.491 e. The van der Waals surface area contributed by atoms with Gasteiger partial charge in [-0.05, 0) is 50.9 Å². The smallest absolute Gasteiger partial charge is 0.336 e. The van der Waals surface area contributed by atoms with Crippen LogP contribution in [-0.4, -0.2) is 41.8 Å². The number of hydrogen-bond donors (Lipinski definition) is 1. The minimum atomic E-state index is -0.536. The summed E-state index contributed by atoms with van der Waals surface area (Å²) in [6.07, 6.45) is 3.12. The van der Waals surface area contributed by atoms with Crippen molar-refractivity contribution in [3.8, 4) is 5.75 Å². The second-order valence-corrected chi connectivity index (χ2v) is 6.71. The quantitative estimate of drug-likeness (QED) is 0.822. The maximum atomic E-state index is 11.5. The summed E-state index contributed by atoms with van der Waals surface area (Å²) in [5, 5.41) is 11.1. The standard InChI is InChI=1S/C19H25NO4.ClH/c1-13-9-19(22)24-18-10-16(6-7-17(13)18)23-12-15(21)11-20-8-4-3-5-14(20)2;/h6-7,9-10,14-15,21H,3-5,8,11-12H2,1-2H3;1H. The number of halogens is 1. The molecule has 2 heterocycles. The van der Waals surface area contributed by atoms with Crippen molar-refractivity contribution in [2.24, 2.45) is 0 Å². The van der Waals surface area contributed by atoms with E-state index in [9.17, 15) is 9.90 Å². The molecule has 1 fully saturated rings. The summed E-state index contributed by atoms with van der Waals surface area (Å²) < 4.78 is 10.9. The Bertz CT molecular complexity index is 761. The highest BCUT2D eigenvalue weighted by Crippen LogP contribution is 2.22. The molecule has 0 radical (unpaired) electrons. The molecule has 1 aliphatic rings. The summed E-state index contributed by atoms with van der Waals surface area (Å²) in [6.45, 7) is 5.98. The van der Waals surface area contributed by atoms with Crippen LogP contribution in [0, 0.1) is 6.92 Å². The van der Waals surface area contributed by atoms with Crippen molar-refractivity contribution in [2.45, 2.75) is 45.3 Å². The third-order valence-corrected chi connectivity index (χ3v) is 4.75. The van der Waals surface area contributed by atoms with Crippen molar-refractivity contribution in [2.75, 3.05) is 19.7 Å². The second kappa shape index (κ2) is 8.70. The predicted molar refractivity (Wildman–Crippen MR) is 101 cm³/mol. The molecule has 2 atom stereocenters. The summed E-state index contributed by atoms with van der Waals surface area (Å²) in [4.78, 5) is 13.8. The molecule has 0 aliphatic carbocycles. The van der Waals surface area contributed by atoms with Crippen LogP contribution in [0.4, 0.5) is 0 Å². The minimum absolute atomic E-state index is 0. The zero-order valence-electron chi connectivity index (χ0n) is 14.7. The fourth-order valence-corrected chi connectivity index (χ4v) is 3.34. The van der Waals surface area contributed by atoms with Crippen molar-refractivity contribution in [3.05, 3.63) is 40.2 Å². The highest BCUT2D eigenvalue weighted by molar-refractivity contribution is 5.85. The van der Waals surface area contributed by atoms with Crippen molar-refractivity contribution >= 4 is 23.4 Å². The Labute approximate surface area is 154 Å². The van der Waals surface area contributed by atoms with Crippen LogP contribution in [0.25, 0.3) is 11.0 Å². The summed E-state index contributed by atoms with van der Waals surface area (Å²) >= 11 is 0. The Kier molecular flexibility index (Phi) is 6.87. The van der Waals surface area contributed by atoms with Crippen LogP contribution in [-0.2, 0) is 0 Å². The molecule has 1 saturated heterocycles. The topological polar surface area (TPSA) is 62.9 Å². The molecular formula is C19H26ClNO4. The van der Waals surface area contributed by atoms with E-state index in [1.54, 1.807) is 6.07 Å². The molecule has 6 heteroatoms. The molecule has 0 amide bonds. The second-order valence-electron chi connectivity index (χ2n) is 6.71. The van der Waals surface area contributed by atoms with E-state index in [1.807, 2.05) is 19.1 Å². The van der Waals surface area contributed by atoms with Gasteiger partial charge in [0, 0.05) is 30.1 Å². The van der Waals surface area contributed by atoms with Gasteiger partial charge in [-0.1, -0.05) is 6.42 Å². The van der Waals surface area contributed by atoms with E-state index in [1.165, 1.54) is 25.3 Å². The number of rotatable bonds is 5. The van der Waals surface area contributed by atoms with Crippen LogP contribution in [0.3, 0.4) is 0 Å². The molecule has 0 spiro atoms. The molecule has 1 aromatic carbocycles. The molecule has 0 bridgehead atoms. The summed E-state index contributed by atoms with van der Waals surface area (Å²) in [7, 11) is 0. The van der Waals surface area contributed by atoms with Gasteiger partial charge in [0.25, 0.3) is 0 Å². The fourth-order valence-electron chi connectivity index (χ4n) is 3.34. The van der Waals surface area contributed by atoms with E-state index in [4.69, 9.17) is 9.15 Å². The zero-order chi connectivity index (χ0) is 17.1. The Morgan fingerprint density at radius 3 is 2.92 bits per heavy atom. The number of piperidine rings is 1. The highest BCUT2D eigenvalue weighted by Gasteiger charge is 2.21. The number of aliphatic hydroxyl groups excluding tert-OH is 1. The maximum absolute atomic E-state index is 11.5. The largest absolute Gasteiger partial charge is 0.491 e. The number of aryl methyl sites for hydroxylation is 1. The predicted octanol–water partition coefficient (Wildman–Crippen LogP) is 3.14. The van der Waals surface area contributed by atoms with Gasteiger partial charge in [-0.3, -0.25) is 4.90 Å². The van der Waals surface area contributed by atoms with E-state index < -0.39 is 6.10 Å². The van der Waals surface area contributed by atoms with Gasteiger partial charge >= 0.3 is 5.63 Å². The van der Waals surface area contributed by atoms with E-state index in [2.05, 4.69) is 11.8 Å². The Morgan fingerprint density at radius 1 is 1.36 bits per heavy atom. The molecule has 1 aromatic heterocycles. The molecule has 138 valence electrons. The monoisotopic (exact) mass is 367 g/mol. The Balaban J connectivity index is 0.00000225. The first-order chi connectivity index (χ1) is 11.5. The first-order valence-electron chi connectivity index (χ1n) is 8.62. The number of fused-ring (bicyclic) bond motifs is 1. The lowest BCUT2D eigenvalue weighted by Crippen LogP contribution is -2.43. The zero-order valence-corrected chi connectivity index (χ0v) is 15.6. The van der Waals surface area contributed by atoms with Gasteiger partial charge in [-0.2, -0.15) is 0 Å². The number of likely N-dealkylation sites (tertiary alicyclic amines) is 1. The maximum Gasteiger partial charge on any atom is 0.336 e. The summed E-state index contributed by atoms with van der Waals surface area (Å²) in [6, 6.07) is 7.42. The lowest BCUT2D eigenvalue weighted by Gasteiger charge is -2.34. The fraction of sp³-hybridized carbons (Fsp3) is 0.526. The van der Waals surface area contributed by atoms with E-state index >= 15 is 0 Å².